The molecule has 0 bridgehead atoms. The lowest BCUT2D eigenvalue weighted by molar-refractivity contribution is 0.0470. The maximum atomic E-state index is 13.1. The first-order valence-electron chi connectivity index (χ1n) is 11.8. The topological polar surface area (TPSA) is 123 Å². The van der Waals surface area contributed by atoms with Crippen LogP contribution in [0.1, 0.15) is 62.2 Å². The van der Waals surface area contributed by atoms with Crippen molar-refractivity contribution in [2.75, 3.05) is 11.3 Å². The molecule has 1 aromatic carbocycles. The Morgan fingerprint density at radius 1 is 1.23 bits per heavy atom. The zero-order chi connectivity index (χ0) is 24.8. The average molecular weight is 519 g/mol. The second kappa shape index (κ2) is 11.3. The predicted molar refractivity (Wildman–Crippen MR) is 134 cm³/mol. The van der Waals surface area contributed by atoms with Crippen molar-refractivity contribution < 1.29 is 22.5 Å². The van der Waals surface area contributed by atoms with Crippen molar-refractivity contribution in [1.29, 1.82) is 0 Å². The van der Waals surface area contributed by atoms with E-state index in [1.165, 1.54) is 31.7 Å². The van der Waals surface area contributed by atoms with Crippen molar-refractivity contribution >= 4 is 33.0 Å². The fraction of sp³-hybridized carbons (Fsp3) is 0.458. The highest BCUT2D eigenvalue weighted by Crippen LogP contribution is 2.31. The van der Waals surface area contributed by atoms with Gasteiger partial charge in [-0.15, -0.1) is 11.3 Å². The van der Waals surface area contributed by atoms with Crippen LogP contribution in [0.4, 0.5) is 5.69 Å². The fourth-order valence-corrected chi connectivity index (χ4v) is 6.60. The molecular weight excluding hydrogens is 488 g/mol. The van der Waals surface area contributed by atoms with Crippen LogP contribution in [0.15, 0.2) is 45.1 Å². The number of carbonyl (C=O) groups excluding carboxylic acids is 1. The van der Waals surface area contributed by atoms with Crippen molar-refractivity contribution in [2.24, 2.45) is 5.92 Å². The molecular formula is C24H30N4O5S2. The number of ether oxygens (including phenoxy) is 1. The largest absolute Gasteiger partial charge is 0.459 e. The zero-order valence-electron chi connectivity index (χ0n) is 19.8. The Bertz CT molecular complexity index is 1250. The normalized spacial score (nSPS) is 15.3. The number of rotatable bonds is 11. The molecule has 0 radical (unpaired) electrons. The van der Waals surface area contributed by atoms with E-state index < -0.39 is 16.0 Å². The highest BCUT2D eigenvalue weighted by atomic mass is 32.2. The molecule has 0 amide bonds. The SMILES string of the molecule is CCOC(=O)c1nc(-c2ccc(S(=O)(=O)Nc3ccccc3CN[C@@H](C)CC3CCCC3)s2)no1. The minimum Gasteiger partial charge on any atom is -0.459 e. The van der Waals surface area contributed by atoms with Crippen LogP contribution in [-0.2, 0) is 21.3 Å². The third-order valence-corrected chi connectivity index (χ3v) is 8.95. The Labute approximate surface area is 209 Å². The lowest BCUT2D eigenvalue weighted by Gasteiger charge is -2.19. The number of anilines is 1. The van der Waals surface area contributed by atoms with Gasteiger partial charge in [0.25, 0.3) is 10.0 Å². The molecule has 1 saturated carbocycles. The van der Waals surface area contributed by atoms with E-state index >= 15 is 0 Å². The third-order valence-electron chi connectivity index (χ3n) is 6.01. The van der Waals surface area contributed by atoms with Crippen LogP contribution >= 0.6 is 11.3 Å². The van der Waals surface area contributed by atoms with Crippen molar-refractivity contribution in [2.45, 2.75) is 62.7 Å². The first kappa shape index (κ1) is 25.3. The van der Waals surface area contributed by atoms with Crippen molar-refractivity contribution in [3.05, 3.63) is 47.9 Å². The van der Waals surface area contributed by atoms with Crippen molar-refractivity contribution in [1.82, 2.24) is 15.5 Å². The molecule has 0 aliphatic heterocycles. The van der Waals surface area contributed by atoms with Crippen LogP contribution in [0.5, 0.6) is 0 Å². The summed E-state index contributed by atoms with van der Waals surface area (Å²) in [5.41, 5.74) is 1.41. The van der Waals surface area contributed by atoms with Crippen LogP contribution in [0, 0.1) is 5.92 Å². The van der Waals surface area contributed by atoms with Gasteiger partial charge in [0, 0.05) is 12.6 Å². The molecule has 1 atom stereocenters. The lowest BCUT2D eigenvalue weighted by Crippen LogP contribution is -2.28. The summed E-state index contributed by atoms with van der Waals surface area (Å²) in [5.74, 6) is -0.0892. The molecule has 1 aliphatic carbocycles. The number of thiophene rings is 1. The predicted octanol–water partition coefficient (Wildman–Crippen LogP) is 4.83. The standard InChI is InChI=1S/C24H30N4O5S2/c1-3-32-24(29)23-26-22(27-33-23)20-12-13-21(34-20)35(30,31)28-19-11-7-6-10-18(19)15-25-16(2)14-17-8-4-5-9-17/h6-7,10-13,16-17,25,28H,3-5,8-9,14-15H2,1-2H3/t16-/m0/s1. The van der Waals surface area contributed by atoms with Gasteiger partial charge < -0.3 is 14.6 Å². The highest BCUT2D eigenvalue weighted by molar-refractivity contribution is 7.94. The summed E-state index contributed by atoms with van der Waals surface area (Å²) in [6, 6.07) is 10.8. The lowest BCUT2D eigenvalue weighted by atomic mass is 9.99. The number of nitrogens with zero attached hydrogens (tertiary/aromatic N) is 2. The van der Waals surface area contributed by atoms with Crippen LogP contribution in [0.25, 0.3) is 10.7 Å². The van der Waals surface area contributed by atoms with Crippen LogP contribution in [0.3, 0.4) is 0 Å². The van der Waals surface area contributed by atoms with Gasteiger partial charge in [-0.3, -0.25) is 4.72 Å². The van der Waals surface area contributed by atoms with E-state index in [0.29, 0.717) is 23.2 Å². The molecule has 0 unspecified atom stereocenters. The van der Waals surface area contributed by atoms with Gasteiger partial charge in [-0.05, 0) is 49.9 Å². The van der Waals surface area contributed by atoms with E-state index in [9.17, 15) is 13.2 Å². The second-order valence-electron chi connectivity index (χ2n) is 8.69. The molecule has 188 valence electrons. The molecule has 9 nitrogen and oxygen atoms in total. The third kappa shape index (κ3) is 6.47. The van der Waals surface area contributed by atoms with Crippen LogP contribution in [-0.4, -0.2) is 37.2 Å². The Morgan fingerprint density at radius 2 is 2.00 bits per heavy atom. The quantitative estimate of drug-likeness (QED) is 0.346. The Kier molecular flexibility index (Phi) is 8.19. The van der Waals surface area contributed by atoms with Gasteiger partial charge >= 0.3 is 11.9 Å². The summed E-state index contributed by atoms with van der Waals surface area (Å²) in [7, 11) is -3.84. The van der Waals surface area contributed by atoms with Gasteiger partial charge in [-0.25, -0.2) is 13.2 Å². The number of esters is 1. The number of sulfonamides is 1. The molecule has 1 fully saturated rings. The van der Waals surface area contributed by atoms with Gasteiger partial charge in [0.05, 0.1) is 17.2 Å². The second-order valence-corrected chi connectivity index (χ2v) is 11.7. The number of hydrogen-bond donors (Lipinski definition) is 2. The van der Waals surface area contributed by atoms with Gasteiger partial charge in [-0.1, -0.05) is 49.0 Å². The number of aromatic nitrogens is 2. The molecule has 0 saturated heterocycles. The van der Waals surface area contributed by atoms with Gasteiger partial charge in [0.2, 0.25) is 5.82 Å². The van der Waals surface area contributed by atoms with Gasteiger partial charge in [0.15, 0.2) is 0 Å². The molecule has 0 spiro atoms. The average Bonchev–Trinajstić information content (AvgIpc) is 3.60. The Morgan fingerprint density at radius 3 is 2.77 bits per heavy atom. The highest BCUT2D eigenvalue weighted by Gasteiger charge is 2.23. The molecule has 4 rings (SSSR count). The molecule has 35 heavy (non-hydrogen) atoms. The van der Waals surface area contributed by atoms with Crippen LogP contribution in [0.2, 0.25) is 0 Å². The monoisotopic (exact) mass is 518 g/mol. The molecule has 1 aliphatic rings. The van der Waals surface area contributed by atoms with E-state index in [-0.39, 0.29) is 22.5 Å². The molecule has 2 heterocycles. The fourth-order valence-electron chi connectivity index (χ4n) is 4.27. The number of benzene rings is 1. The number of hydrogen-bond acceptors (Lipinski definition) is 9. The molecule has 2 aromatic heterocycles. The summed E-state index contributed by atoms with van der Waals surface area (Å²) in [6.07, 6.45) is 6.40. The minimum atomic E-state index is -3.84. The van der Waals surface area contributed by atoms with Crippen molar-refractivity contribution in [3.63, 3.8) is 0 Å². The van der Waals surface area contributed by atoms with Crippen LogP contribution < -0.4 is 10.0 Å². The number of para-hydroxylation sites is 1. The molecule has 2 N–H and O–H groups in total. The number of carbonyl (C=O) groups is 1. The van der Waals surface area contributed by atoms with E-state index in [1.807, 2.05) is 12.1 Å². The summed E-state index contributed by atoms with van der Waals surface area (Å²) in [5, 5.41) is 7.30. The Balaban J connectivity index is 1.42. The van der Waals surface area contributed by atoms with E-state index in [4.69, 9.17) is 9.26 Å². The first-order valence-corrected chi connectivity index (χ1v) is 14.1. The first-order chi connectivity index (χ1) is 16.9. The summed E-state index contributed by atoms with van der Waals surface area (Å²) < 4.78 is 38.8. The van der Waals surface area contributed by atoms with E-state index in [0.717, 1.165) is 29.2 Å². The van der Waals surface area contributed by atoms with E-state index in [2.05, 4.69) is 27.1 Å². The maximum Gasteiger partial charge on any atom is 0.397 e. The van der Waals surface area contributed by atoms with Crippen molar-refractivity contribution in [3.8, 4) is 10.7 Å². The molecule has 3 aromatic rings. The minimum absolute atomic E-state index is 0.104. The Hall–Kier alpha value is -2.76. The summed E-state index contributed by atoms with van der Waals surface area (Å²) >= 11 is 0.989. The van der Waals surface area contributed by atoms with Gasteiger partial charge in [-0.2, -0.15) is 4.98 Å². The van der Waals surface area contributed by atoms with Gasteiger partial charge in [0.1, 0.15) is 4.21 Å². The molecule has 11 heteroatoms. The number of nitrogens with one attached hydrogen (secondary N) is 2. The zero-order valence-corrected chi connectivity index (χ0v) is 21.5. The van der Waals surface area contributed by atoms with E-state index in [1.54, 1.807) is 25.1 Å². The smallest absolute Gasteiger partial charge is 0.397 e. The summed E-state index contributed by atoms with van der Waals surface area (Å²) in [4.78, 5) is 16.2. The summed E-state index contributed by atoms with van der Waals surface area (Å²) in [6.45, 7) is 4.61. The maximum absolute atomic E-state index is 13.1.